The monoisotopic (exact) mass is 339 g/mol. The Labute approximate surface area is 126 Å². The minimum atomic E-state index is -1.16. The lowest BCUT2D eigenvalue weighted by atomic mass is 9.96. The molecule has 108 valence electrons. The van der Waals surface area contributed by atoms with Crippen LogP contribution in [0.2, 0.25) is 0 Å². The third-order valence-electron chi connectivity index (χ3n) is 3.77. The van der Waals surface area contributed by atoms with Crippen LogP contribution in [-0.4, -0.2) is 29.1 Å². The molecule has 0 amide bonds. The molecule has 4 nitrogen and oxygen atoms in total. The second-order valence-corrected chi connectivity index (χ2v) is 5.76. The van der Waals surface area contributed by atoms with E-state index in [9.17, 15) is 9.90 Å². The quantitative estimate of drug-likeness (QED) is 0.899. The molecule has 1 N–H and O–H groups in total. The Balaban J connectivity index is 2.60. The van der Waals surface area contributed by atoms with Crippen molar-refractivity contribution >= 4 is 32.9 Å². The molecule has 0 spiro atoms. The van der Waals surface area contributed by atoms with E-state index in [-0.39, 0.29) is 0 Å². The molecule has 0 aliphatic carbocycles. The highest BCUT2D eigenvalue weighted by molar-refractivity contribution is 9.10. The number of likely N-dealkylation sites (N-methyl/N-ethyl adjacent to an activating group) is 1. The molecule has 0 saturated carbocycles. The molecule has 0 aliphatic rings. The maximum atomic E-state index is 11.8. The fourth-order valence-corrected chi connectivity index (χ4v) is 2.89. The van der Waals surface area contributed by atoms with Gasteiger partial charge in [-0.15, -0.1) is 0 Å². The van der Waals surface area contributed by atoms with Crippen LogP contribution in [-0.2, 0) is 10.3 Å². The van der Waals surface area contributed by atoms with Gasteiger partial charge in [0.15, 0.2) is 5.54 Å². The summed E-state index contributed by atoms with van der Waals surface area (Å²) in [5.41, 5.74) is -0.461. The fraction of sp³-hybridized carbons (Fsp3) is 0.400. The molecule has 1 heterocycles. The largest absolute Gasteiger partial charge is 0.480 e. The van der Waals surface area contributed by atoms with Gasteiger partial charge in [-0.25, -0.2) is 4.79 Å². The number of nitrogens with zero attached hydrogens (tertiary/aromatic N) is 1. The van der Waals surface area contributed by atoms with Crippen LogP contribution in [0.1, 0.15) is 26.5 Å². The highest BCUT2D eigenvalue weighted by atomic mass is 79.9. The molecule has 1 aromatic carbocycles. The molecule has 0 fully saturated rings. The maximum Gasteiger partial charge on any atom is 0.331 e. The minimum absolute atomic E-state index is 0.460. The molecule has 1 atom stereocenters. The average Bonchev–Trinajstić information content (AvgIpc) is 2.82. The number of halogens is 1. The van der Waals surface area contributed by atoms with E-state index in [2.05, 4.69) is 15.9 Å². The lowest BCUT2D eigenvalue weighted by Crippen LogP contribution is -2.49. The van der Waals surface area contributed by atoms with Crippen molar-refractivity contribution in [3.05, 3.63) is 34.5 Å². The lowest BCUT2D eigenvalue weighted by Gasteiger charge is -2.34. The van der Waals surface area contributed by atoms with Gasteiger partial charge in [0.2, 0.25) is 0 Å². The summed E-state index contributed by atoms with van der Waals surface area (Å²) in [6.45, 7) is 6.86. The van der Waals surface area contributed by atoms with Crippen molar-refractivity contribution in [2.75, 3.05) is 13.1 Å². The van der Waals surface area contributed by atoms with Gasteiger partial charge in [0.05, 0.1) is 0 Å². The second kappa shape index (κ2) is 5.58. The van der Waals surface area contributed by atoms with Gasteiger partial charge in [0.1, 0.15) is 11.3 Å². The third kappa shape index (κ3) is 2.36. The number of hydrogen-bond acceptors (Lipinski definition) is 3. The number of furan rings is 1. The normalized spacial score (nSPS) is 14.7. The smallest absolute Gasteiger partial charge is 0.331 e. The van der Waals surface area contributed by atoms with Gasteiger partial charge in [0.25, 0.3) is 0 Å². The van der Waals surface area contributed by atoms with Gasteiger partial charge in [-0.1, -0.05) is 29.8 Å². The molecule has 0 aliphatic heterocycles. The van der Waals surface area contributed by atoms with E-state index in [0.29, 0.717) is 24.4 Å². The van der Waals surface area contributed by atoms with Crippen LogP contribution < -0.4 is 0 Å². The first-order valence-corrected chi connectivity index (χ1v) is 7.40. The number of carbonyl (C=O) groups is 1. The van der Waals surface area contributed by atoms with Crippen LogP contribution >= 0.6 is 15.9 Å². The fourth-order valence-electron chi connectivity index (χ4n) is 2.51. The topological polar surface area (TPSA) is 53.7 Å². The number of benzene rings is 1. The lowest BCUT2D eigenvalue weighted by molar-refractivity contribution is -0.152. The number of fused-ring (bicyclic) bond motifs is 1. The summed E-state index contributed by atoms with van der Waals surface area (Å²) in [5.74, 6) is -0.443. The molecular formula is C15H18BrNO3. The number of carboxylic acids is 1. The van der Waals surface area contributed by atoms with E-state index in [1.54, 1.807) is 6.92 Å². The highest BCUT2D eigenvalue weighted by Crippen LogP contribution is 2.34. The number of rotatable bonds is 5. The zero-order valence-electron chi connectivity index (χ0n) is 11.8. The first-order valence-electron chi connectivity index (χ1n) is 6.61. The summed E-state index contributed by atoms with van der Waals surface area (Å²) in [4.78, 5) is 13.7. The van der Waals surface area contributed by atoms with Crippen molar-refractivity contribution in [1.29, 1.82) is 0 Å². The summed E-state index contributed by atoms with van der Waals surface area (Å²) < 4.78 is 6.73. The van der Waals surface area contributed by atoms with Crippen molar-refractivity contribution in [2.45, 2.75) is 26.3 Å². The summed E-state index contributed by atoms with van der Waals surface area (Å²) in [7, 11) is 0. The zero-order chi connectivity index (χ0) is 14.9. The molecule has 0 saturated heterocycles. The van der Waals surface area contributed by atoms with E-state index in [0.717, 1.165) is 9.86 Å². The Hall–Kier alpha value is -1.33. The third-order valence-corrected chi connectivity index (χ3v) is 4.26. The molecule has 1 unspecified atom stereocenters. The van der Waals surface area contributed by atoms with Crippen LogP contribution in [0.15, 0.2) is 33.2 Å². The number of aliphatic carboxylic acids is 1. The molecule has 0 bridgehead atoms. The number of hydrogen-bond donors (Lipinski definition) is 1. The minimum Gasteiger partial charge on any atom is -0.480 e. The molecular weight excluding hydrogens is 322 g/mol. The van der Waals surface area contributed by atoms with E-state index in [1.807, 2.05) is 43.0 Å². The maximum absolute atomic E-state index is 11.8. The molecule has 1 aromatic heterocycles. The van der Waals surface area contributed by atoms with E-state index in [1.165, 1.54) is 0 Å². The summed E-state index contributed by atoms with van der Waals surface area (Å²) in [5, 5.41) is 10.6. The van der Waals surface area contributed by atoms with Crippen LogP contribution in [0.5, 0.6) is 0 Å². The van der Waals surface area contributed by atoms with Crippen LogP contribution in [0, 0.1) is 0 Å². The molecule has 2 rings (SSSR count). The first-order chi connectivity index (χ1) is 9.43. The highest BCUT2D eigenvalue weighted by Gasteiger charge is 2.43. The van der Waals surface area contributed by atoms with E-state index >= 15 is 0 Å². The van der Waals surface area contributed by atoms with Gasteiger partial charge in [0, 0.05) is 9.86 Å². The van der Waals surface area contributed by atoms with E-state index in [4.69, 9.17) is 4.42 Å². The first kappa shape index (κ1) is 15.1. The van der Waals surface area contributed by atoms with Gasteiger partial charge in [-0.05, 0) is 44.3 Å². The Kier molecular flexibility index (Phi) is 4.20. The molecule has 2 aromatic rings. The number of carboxylic acid groups (broad SMARTS) is 1. The Morgan fingerprint density at radius 3 is 2.55 bits per heavy atom. The van der Waals surface area contributed by atoms with Gasteiger partial charge in [-0.2, -0.15) is 0 Å². The molecule has 0 radical (unpaired) electrons. The van der Waals surface area contributed by atoms with Gasteiger partial charge in [-0.3, -0.25) is 4.90 Å². The van der Waals surface area contributed by atoms with Gasteiger partial charge >= 0.3 is 5.97 Å². The predicted octanol–water partition coefficient (Wildman–Crippen LogP) is 3.84. The average molecular weight is 340 g/mol. The Morgan fingerprint density at radius 2 is 2.00 bits per heavy atom. The Bertz CT molecular complexity index is 633. The Morgan fingerprint density at radius 1 is 1.35 bits per heavy atom. The van der Waals surface area contributed by atoms with Crippen molar-refractivity contribution in [1.82, 2.24) is 4.90 Å². The van der Waals surface area contributed by atoms with Crippen molar-refractivity contribution in [3.63, 3.8) is 0 Å². The van der Waals surface area contributed by atoms with Crippen molar-refractivity contribution in [3.8, 4) is 0 Å². The van der Waals surface area contributed by atoms with Crippen molar-refractivity contribution in [2.24, 2.45) is 0 Å². The summed E-state index contributed by atoms with van der Waals surface area (Å²) in [6, 6.07) is 7.46. The SMILES string of the molecule is CCN(CC)C(C)(C(=O)O)c1cc2cc(Br)ccc2o1. The molecule has 20 heavy (non-hydrogen) atoms. The summed E-state index contributed by atoms with van der Waals surface area (Å²) in [6.07, 6.45) is 0. The predicted molar refractivity (Wildman–Crippen MR) is 81.8 cm³/mol. The summed E-state index contributed by atoms with van der Waals surface area (Å²) >= 11 is 3.41. The zero-order valence-corrected chi connectivity index (χ0v) is 13.4. The van der Waals surface area contributed by atoms with Crippen LogP contribution in [0.3, 0.4) is 0 Å². The van der Waals surface area contributed by atoms with Gasteiger partial charge < -0.3 is 9.52 Å². The second-order valence-electron chi connectivity index (χ2n) is 4.84. The van der Waals surface area contributed by atoms with E-state index < -0.39 is 11.5 Å². The van der Waals surface area contributed by atoms with Crippen LogP contribution in [0.4, 0.5) is 0 Å². The van der Waals surface area contributed by atoms with Crippen LogP contribution in [0.25, 0.3) is 11.0 Å². The standard InChI is InChI=1S/C15H18BrNO3/c1-4-17(5-2)15(3,14(18)19)13-9-10-8-11(16)6-7-12(10)20-13/h6-9H,4-5H2,1-3H3,(H,18,19). The molecule has 5 heteroatoms. The van der Waals surface area contributed by atoms with Crippen molar-refractivity contribution < 1.29 is 14.3 Å².